The second-order valence-corrected chi connectivity index (χ2v) is 9.31. The highest BCUT2D eigenvalue weighted by Gasteiger charge is 2.35. The van der Waals surface area contributed by atoms with Crippen LogP contribution in [-0.2, 0) is 9.57 Å². The molecule has 0 saturated heterocycles. The van der Waals surface area contributed by atoms with Gasteiger partial charge in [-0.25, -0.2) is 23.4 Å². The Kier molecular flexibility index (Phi) is 14.2. The molecule has 1 heterocycles. The molecular weight excluding hydrogens is 478 g/mol. The predicted octanol–water partition coefficient (Wildman–Crippen LogP) is 6.14. The van der Waals surface area contributed by atoms with Crippen LogP contribution in [-0.4, -0.2) is 58.9 Å². The number of carbonyl (C=O) groups is 2. The van der Waals surface area contributed by atoms with E-state index in [0.29, 0.717) is 19.4 Å². The summed E-state index contributed by atoms with van der Waals surface area (Å²) in [6.45, 7) is 9.61. The zero-order valence-electron chi connectivity index (χ0n) is 20.7. The van der Waals surface area contributed by atoms with Gasteiger partial charge < -0.3 is 10.1 Å². The fourth-order valence-electron chi connectivity index (χ4n) is 2.49. The van der Waals surface area contributed by atoms with Gasteiger partial charge in [-0.1, -0.05) is 31.3 Å². The lowest BCUT2D eigenvalue weighted by Gasteiger charge is -2.24. The number of urea groups is 1. The molecule has 1 N–H and O–H groups in total. The van der Waals surface area contributed by atoms with Gasteiger partial charge in [0, 0.05) is 19.2 Å². The van der Waals surface area contributed by atoms with E-state index in [1.807, 2.05) is 26.0 Å². The molecule has 0 fully saturated rings. The van der Waals surface area contributed by atoms with Crippen LogP contribution in [0.5, 0.6) is 0 Å². The van der Waals surface area contributed by atoms with Crippen LogP contribution in [0.15, 0.2) is 35.5 Å². The molecule has 0 unspecified atom stereocenters. The Balaban J connectivity index is 0.00000214. The van der Waals surface area contributed by atoms with Crippen LogP contribution in [0, 0.1) is 11.6 Å². The summed E-state index contributed by atoms with van der Waals surface area (Å²) in [5.74, 6) is -1.24. The van der Waals surface area contributed by atoms with E-state index in [2.05, 4.69) is 10.4 Å². The van der Waals surface area contributed by atoms with Crippen molar-refractivity contribution in [1.29, 1.82) is 0 Å². The van der Waals surface area contributed by atoms with Gasteiger partial charge in [0.2, 0.25) is 0 Å². The molecule has 0 bridgehead atoms. The molecule has 1 atom stereocenters. The number of benzene rings is 1. The molecule has 198 valence electrons. The fourth-order valence-corrected chi connectivity index (χ4v) is 3.69. The summed E-state index contributed by atoms with van der Waals surface area (Å²) >= 11 is 1.14. The molecule has 0 spiro atoms. The molecule has 0 radical (unpaired) electrons. The molecule has 1 aliphatic rings. The summed E-state index contributed by atoms with van der Waals surface area (Å²) in [6, 6.07) is 2.51. The summed E-state index contributed by atoms with van der Waals surface area (Å²) < 4.78 is 32.9. The Morgan fingerprint density at radius 3 is 2.43 bits per heavy atom. The van der Waals surface area contributed by atoms with E-state index in [0.717, 1.165) is 35.0 Å². The van der Waals surface area contributed by atoms with E-state index in [9.17, 15) is 18.4 Å². The molecule has 1 aromatic carbocycles. The van der Waals surface area contributed by atoms with Crippen molar-refractivity contribution in [1.82, 2.24) is 15.4 Å². The number of hydrogen-bond donors (Lipinski definition) is 1. The maximum absolute atomic E-state index is 14.2. The van der Waals surface area contributed by atoms with Crippen LogP contribution >= 0.6 is 11.8 Å². The smallest absolute Gasteiger partial charge is 0.407 e. The van der Waals surface area contributed by atoms with Gasteiger partial charge >= 0.3 is 12.1 Å². The van der Waals surface area contributed by atoms with Gasteiger partial charge in [-0.2, -0.15) is 10.1 Å². The largest absolute Gasteiger partial charge is 0.444 e. The number of rotatable bonds is 6. The highest BCUT2D eigenvalue weighted by Crippen LogP contribution is 2.34. The van der Waals surface area contributed by atoms with E-state index in [4.69, 9.17) is 9.57 Å². The minimum absolute atomic E-state index is 0. The van der Waals surface area contributed by atoms with Gasteiger partial charge in [0.15, 0.2) is 0 Å². The van der Waals surface area contributed by atoms with Crippen molar-refractivity contribution in [3.63, 3.8) is 0 Å². The van der Waals surface area contributed by atoms with Crippen molar-refractivity contribution >= 4 is 28.9 Å². The number of nitrogens with zero attached hydrogens (tertiary/aromatic N) is 3. The van der Waals surface area contributed by atoms with Crippen molar-refractivity contribution < 1.29 is 27.9 Å². The second-order valence-electron chi connectivity index (χ2n) is 8.15. The van der Waals surface area contributed by atoms with Gasteiger partial charge in [0.1, 0.15) is 27.7 Å². The van der Waals surface area contributed by atoms with Gasteiger partial charge in [0.05, 0.1) is 7.11 Å². The summed E-state index contributed by atoms with van der Waals surface area (Å²) in [5, 5.41) is 8.71. The topological polar surface area (TPSA) is 83.5 Å². The Bertz CT molecular complexity index is 887. The number of allylic oxidation sites excluding steroid dienone is 2. The first kappa shape index (κ1) is 32.3. The Labute approximate surface area is 211 Å². The van der Waals surface area contributed by atoms with Crippen LogP contribution in [0.2, 0.25) is 0 Å². The molecule has 2 rings (SSSR count). The number of hydrazone groups is 1. The normalized spacial score (nSPS) is 15.1. The predicted molar refractivity (Wildman–Crippen MR) is 137 cm³/mol. The number of halogens is 2. The lowest BCUT2D eigenvalue weighted by Crippen LogP contribution is -2.40. The van der Waals surface area contributed by atoms with E-state index >= 15 is 0 Å². The highest BCUT2D eigenvalue weighted by molar-refractivity contribution is 8.15. The number of ether oxygens (including phenoxy) is 1. The molecule has 1 aliphatic heterocycles. The number of nitrogens with one attached hydrogen (secondary N) is 1. The zero-order valence-corrected chi connectivity index (χ0v) is 21.5. The first-order chi connectivity index (χ1) is 15.9. The quantitative estimate of drug-likeness (QED) is 0.279. The van der Waals surface area contributed by atoms with E-state index in [1.54, 1.807) is 20.8 Å². The standard InChI is InChI=1S/C19H26F2N4O4S.C4H8.CH4/c1-19(2,3)29-17(26)22-10-6-7-15-25(18(27)24(4)28-5)23-16(30-15)13-11-12(20)8-9-14(13)21;1-3-4-2;/h8-9,11,15H,6-7,10H2,1-5H3,(H,22,26);3-4H,1-2H3;1H4/b;4-3-;/t15-;;/m1../s1. The average molecular weight is 517 g/mol. The van der Waals surface area contributed by atoms with Crippen LogP contribution in [0.3, 0.4) is 0 Å². The molecular formula is C24H38F2N4O4S. The second kappa shape index (κ2) is 15.4. The molecule has 8 nitrogen and oxygen atoms in total. The SMILES string of the molecule is C.C/C=C\C.CON(C)C(=O)N1N=C(c2cc(F)ccc2F)S[C@@H]1CCCNC(=O)OC(C)(C)C. The maximum Gasteiger partial charge on any atom is 0.407 e. The fraction of sp³-hybridized carbons (Fsp3) is 0.542. The third kappa shape index (κ3) is 11.1. The van der Waals surface area contributed by atoms with E-state index in [-0.39, 0.29) is 18.0 Å². The third-order valence-corrected chi connectivity index (χ3v) is 5.48. The number of hydroxylamine groups is 2. The third-order valence-electron chi connectivity index (χ3n) is 4.25. The summed E-state index contributed by atoms with van der Waals surface area (Å²) in [4.78, 5) is 29.2. The van der Waals surface area contributed by atoms with Gasteiger partial charge in [-0.05, 0) is 65.7 Å². The molecule has 0 saturated carbocycles. The number of thioether (sulfide) groups is 1. The first-order valence-electron chi connectivity index (χ1n) is 10.8. The van der Waals surface area contributed by atoms with Crippen LogP contribution < -0.4 is 5.32 Å². The number of alkyl carbamates (subject to hydrolysis) is 1. The Morgan fingerprint density at radius 1 is 1.26 bits per heavy atom. The van der Waals surface area contributed by atoms with Crippen molar-refractivity contribution in [2.24, 2.45) is 5.10 Å². The molecule has 11 heteroatoms. The molecule has 35 heavy (non-hydrogen) atoms. The summed E-state index contributed by atoms with van der Waals surface area (Å²) in [7, 11) is 2.75. The minimum Gasteiger partial charge on any atom is -0.444 e. The van der Waals surface area contributed by atoms with Gasteiger partial charge in [0.25, 0.3) is 0 Å². The zero-order chi connectivity index (χ0) is 25.9. The molecule has 0 aromatic heterocycles. The first-order valence-corrected chi connectivity index (χ1v) is 11.7. The average Bonchev–Trinajstić information content (AvgIpc) is 3.20. The lowest BCUT2D eigenvalue weighted by molar-refractivity contribution is -0.0765. The number of amides is 3. The summed E-state index contributed by atoms with van der Waals surface area (Å²) in [5.41, 5.74) is -0.621. The maximum atomic E-state index is 14.2. The molecule has 1 aromatic rings. The summed E-state index contributed by atoms with van der Waals surface area (Å²) in [6.07, 6.45) is 4.41. The molecule has 3 amide bonds. The van der Waals surface area contributed by atoms with Crippen LogP contribution in [0.25, 0.3) is 0 Å². The number of hydrogen-bond acceptors (Lipinski definition) is 6. The Hall–Kier alpha value is -2.66. The van der Waals surface area contributed by atoms with E-state index in [1.165, 1.54) is 19.2 Å². The van der Waals surface area contributed by atoms with Crippen molar-refractivity contribution in [2.75, 3.05) is 20.7 Å². The van der Waals surface area contributed by atoms with Crippen molar-refractivity contribution in [3.05, 3.63) is 47.5 Å². The Morgan fingerprint density at radius 2 is 1.89 bits per heavy atom. The number of carbonyl (C=O) groups excluding carboxylic acids is 2. The monoisotopic (exact) mass is 516 g/mol. The van der Waals surface area contributed by atoms with Gasteiger partial charge in [-0.3, -0.25) is 4.84 Å². The molecule has 0 aliphatic carbocycles. The van der Waals surface area contributed by atoms with Gasteiger partial charge in [-0.15, -0.1) is 0 Å². The highest BCUT2D eigenvalue weighted by atomic mass is 32.2. The van der Waals surface area contributed by atoms with Crippen LogP contribution in [0.4, 0.5) is 18.4 Å². The lowest BCUT2D eigenvalue weighted by atomic mass is 10.2. The minimum atomic E-state index is -0.637. The van der Waals surface area contributed by atoms with Crippen molar-refractivity contribution in [2.45, 2.75) is 65.9 Å². The van der Waals surface area contributed by atoms with Crippen molar-refractivity contribution in [3.8, 4) is 0 Å². The van der Waals surface area contributed by atoms with E-state index < -0.39 is 34.7 Å². The van der Waals surface area contributed by atoms with Crippen LogP contribution in [0.1, 0.15) is 60.5 Å².